The van der Waals surface area contributed by atoms with Gasteiger partial charge in [0.1, 0.15) is 17.4 Å². The number of halogens is 10. The Kier molecular flexibility index (Phi) is 8.35. The zero-order valence-electron chi connectivity index (χ0n) is 20.5. The molecule has 1 aliphatic rings. The number of imide groups is 1. The second kappa shape index (κ2) is 11.0. The average Bonchev–Trinajstić information content (AvgIpc) is 3.57. The number of benzene rings is 1. The minimum Gasteiger partial charge on any atom is -0.375 e. The van der Waals surface area contributed by atoms with Gasteiger partial charge in [0.25, 0.3) is 11.8 Å². The minimum absolute atomic E-state index is 0.118. The smallest absolute Gasteiger partial charge is 0.375 e. The summed E-state index contributed by atoms with van der Waals surface area (Å²) in [7, 11) is 1.30. The first kappa shape index (κ1) is 31.0. The normalized spacial score (nSPS) is 14.3. The second-order valence-corrected chi connectivity index (χ2v) is 10.1. The first-order valence-corrected chi connectivity index (χ1v) is 12.5. The zero-order chi connectivity index (χ0) is 30.5. The molecule has 1 aromatic carbocycles. The average molecular weight is 648 g/mol. The Hall–Kier alpha value is -2.94. The number of carbonyl (C=O) groups is 2. The first-order chi connectivity index (χ1) is 19.0. The molecule has 0 aliphatic heterocycles. The van der Waals surface area contributed by atoms with Gasteiger partial charge in [0.05, 0.1) is 21.8 Å². The van der Waals surface area contributed by atoms with Crippen LogP contribution in [0.4, 0.5) is 30.7 Å². The number of alkyl halides is 7. The van der Waals surface area contributed by atoms with Gasteiger partial charge in [-0.05, 0) is 31.0 Å². The summed E-state index contributed by atoms with van der Waals surface area (Å²) in [5.41, 5.74) is -7.58. The third kappa shape index (κ3) is 5.74. The van der Waals surface area contributed by atoms with Gasteiger partial charge in [0.2, 0.25) is 0 Å². The molecule has 0 saturated heterocycles. The summed E-state index contributed by atoms with van der Waals surface area (Å²) in [6.07, 6.45) is -7.81. The van der Waals surface area contributed by atoms with Gasteiger partial charge in [0.15, 0.2) is 0 Å². The number of nitrogens with zero attached hydrogens (tertiary/aromatic N) is 4. The van der Waals surface area contributed by atoms with Gasteiger partial charge in [-0.15, -0.1) is 0 Å². The predicted molar refractivity (Wildman–Crippen MR) is 133 cm³/mol. The molecule has 4 rings (SSSR count). The molecule has 1 saturated carbocycles. The van der Waals surface area contributed by atoms with Crippen LogP contribution in [0.1, 0.15) is 28.8 Å². The Morgan fingerprint density at radius 1 is 0.976 bits per heavy atom. The van der Waals surface area contributed by atoms with Crippen LogP contribution >= 0.6 is 34.8 Å². The molecule has 0 radical (unpaired) electrons. The van der Waals surface area contributed by atoms with E-state index in [-0.39, 0.29) is 52.3 Å². The molecule has 1 fully saturated rings. The van der Waals surface area contributed by atoms with Crippen LogP contribution in [0.15, 0.2) is 36.8 Å². The summed E-state index contributed by atoms with van der Waals surface area (Å²) >= 11 is 18.1. The largest absolute Gasteiger partial charge is 0.435 e. The number of amides is 2. The SMILES string of the molecule is COCC(=O)N(C(=O)c1cc(-c2cnn(-c3c(Cl)cc(C(F)(C(F)(F)F)C(F)(F)F)cc3Cl)c2)cnc1Cl)C1CC1. The van der Waals surface area contributed by atoms with Crippen molar-refractivity contribution in [2.45, 2.75) is 36.9 Å². The van der Waals surface area contributed by atoms with Gasteiger partial charge < -0.3 is 4.74 Å². The van der Waals surface area contributed by atoms with E-state index in [2.05, 4.69) is 10.1 Å². The highest BCUT2D eigenvalue weighted by Crippen LogP contribution is 2.54. The molecule has 1 aliphatic carbocycles. The van der Waals surface area contributed by atoms with Crippen LogP contribution in [0, 0.1) is 0 Å². The molecule has 2 aromatic heterocycles. The number of aromatic nitrogens is 3. The van der Waals surface area contributed by atoms with E-state index in [1.165, 1.54) is 31.8 Å². The van der Waals surface area contributed by atoms with Crippen LogP contribution in [0.3, 0.4) is 0 Å². The molecule has 2 heterocycles. The van der Waals surface area contributed by atoms with E-state index < -0.39 is 45.4 Å². The molecule has 2 amide bonds. The second-order valence-electron chi connectivity index (χ2n) is 8.91. The lowest BCUT2D eigenvalue weighted by molar-refractivity contribution is -0.348. The Balaban J connectivity index is 1.71. The number of hydrogen-bond donors (Lipinski definition) is 0. The third-order valence-electron chi connectivity index (χ3n) is 6.08. The van der Waals surface area contributed by atoms with Crippen LogP contribution in [-0.4, -0.2) is 63.6 Å². The summed E-state index contributed by atoms with van der Waals surface area (Å²) in [4.78, 5) is 30.7. The maximum atomic E-state index is 14.5. The van der Waals surface area contributed by atoms with Crippen LogP contribution < -0.4 is 0 Å². The first-order valence-electron chi connectivity index (χ1n) is 11.4. The van der Waals surface area contributed by atoms with Crippen molar-refractivity contribution in [1.82, 2.24) is 19.7 Å². The van der Waals surface area contributed by atoms with Gasteiger partial charge in [-0.3, -0.25) is 14.5 Å². The van der Waals surface area contributed by atoms with E-state index in [0.717, 1.165) is 9.58 Å². The fourth-order valence-corrected chi connectivity index (χ4v) is 4.80. The fraction of sp³-hybridized carbons (Fsp3) is 0.333. The monoisotopic (exact) mass is 646 g/mol. The minimum atomic E-state index is -6.36. The third-order valence-corrected chi connectivity index (χ3v) is 6.96. The molecule has 0 atom stereocenters. The number of ether oxygens (including phenoxy) is 1. The van der Waals surface area contributed by atoms with Gasteiger partial charge in [-0.2, -0.15) is 31.4 Å². The topological polar surface area (TPSA) is 77.3 Å². The van der Waals surface area contributed by atoms with Crippen LogP contribution in [0.2, 0.25) is 15.2 Å². The number of carbonyl (C=O) groups excluding carboxylic acids is 2. The molecule has 220 valence electrons. The summed E-state index contributed by atoms with van der Waals surface area (Å²) in [5, 5.41) is 2.25. The van der Waals surface area contributed by atoms with E-state index >= 15 is 0 Å². The Morgan fingerprint density at radius 3 is 2.07 bits per heavy atom. The molecule has 3 aromatic rings. The van der Waals surface area contributed by atoms with Gasteiger partial charge in [0, 0.05) is 42.2 Å². The highest BCUT2D eigenvalue weighted by Gasteiger charge is 2.73. The van der Waals surface area contributed by atoms with Gasteiger partial charge >= 0.3 is 18.0 Å². The zero-order valence-corrected chi connectivity index (χ0v) is 22.7. The Bertz CT molecular complexity index is 1470. The lowest BCUT2D eigenvalue weighted by Crippen LogP contribution is -2.50. The standard InChI is InChI=1S/C24H16Cl3F7N4O3/c1-41-10-18(39)38(14-2-3-14)21(40)15-4-11(7-35-20(15)27)12-8-36-37(9-12)19-16(25)5-13(6-17(19)26)22(28,23(29,30)31)24(32,33)34/h4-9,14H,2-3,10H2,1H3. The van der Waals surface area contributed by atoms with E-state index in [9.17, 15) is 40.3 Å². The maximum absolute atomic E-state index is 14.5. The van der Waals surface area contributed by atoms with Crippen molar-refractivity contribution in [2.75, 3.05) is 13.7 Å². The molecular formula is C24H16Cl3F7N4O3. The maximum Gasteiger partial charge on any atom is 0.435 e. The van der Waals surface area contributed by atoms with Gasteiger partial charge in [-0.25, -0.2) is 14.1 Å². The Labute approximate surface area is 241 Å². The van der Waals surface area contributed by atoms with Crippen molar-refractivity contribution in [3.63, 3.8) is 0 Å². The summed E-state index contributed by atoms with van der Waals surface area (Å²) in [6, 6.07) is 1.33. The Morgan fingerprint density at radius 2 is 1.56 bits per heavy atom. The van der Waals surface area contributed by atoms with Crippen LogP contribution in [0.5, 0.6) is 0 Å². The van der Waals surface area contributed by atoms with Crippen LogP contribution in [0.25, 0.3) is 16.8 Å². The lowest BCUT2D eigenvalue weighted by Gasteiger charge is -2.30. The molecule has 0 unspecified atom stereocenters. The fourth-order valence-electron chi connectivity index (χ4n) is 3.96. The van der Waals surface area contributed by atoms with Crippen molar-refractivity contribution >= 4 is 46.6 Å². The van der Waals surface area contributed by atoms with E-state index in [0.29, 0.717) is 12.8 Å². The summed E-state index contributed by atoms with van der Waals surface area (Å²) in [6.45, 7) is -0.338. The van der Waals surface area contributed by atoms with E-state index in [4.69, 9.17) is 39.5 Å². The number of pyridine rings is 1. The quantitative estimate of drug-likeness (QED) is 0.205. The van der Waals surface area contributed by atoms with Crippen molar-refractivity contribution in [2.24, 2.45) is 0 Å². The molecule has 0 bridgehead atoms. The van der Waals surface area contributed by atoms with E-state index in [1.807, 2.05) is 0 Å². The van der Waals surface area contributed by atoms with Crippen molar-refractivity contribution in [3.05, 3.63) is 63.1 Å². The van der Waals surface area contributed by atoms with Crippen LogP contribution in [-0.2, 0) is 15.2 Å². The van der Waals surface area contributed by atoms with Gasteiger partial charge in [-0.1, -0.05) is 34.8 Å². The number of rotatable bonds is 7. The highest BCUT2D eigenvalue weighted by molar-refractivity contribution is 6.38. The van der Waals surface area contributed by atoms with Crippen molar-refractivity contribution < 1.29 is 45.1 Å². The summed E-state index contributed by atoms with van der Waals surface area (Å²) < 4.78 is 99.5. The summed E-state index contributed by atoms with van der Waals surface area (Å²) in [5.74, 6) is -1.29. The lowest BCUT2D eigenvalue weighted by atomic mass is 9.94. The van der Waals surface area contributed by atoms with Crippen molar-refractivity contribution in [3.8, 4) is 16.8 Å². The van der Waals surface area contributed by atoms with Crippen molar-refractivity contribution in [1.29, 1.82) is 0 Å². The molecular weight excluding hydrogens is 632 g/mol. The number of hydrogen-bond acceptors (Lipinski definition) is 5. The predicted octanol–water partition coefficient (Wildman–Crippen LogP) is 6.96. The molecule has 17 heteroatoms. The highest BCUT2D eigenvalue weighted by atomic mass is 35.5. The van der Waals surface area contributed by atoms with E-state index in [1.54, 1.807) is 0 Å². The molecule has 7 nitrogen and oxygen atoms in total. The molecule has 0 N–H and O–H groups in total. The molecule has 0 spiro atoms. The molecule has 41 heavy (non-hydrogen) atoms. The number of methoxy groups -OCH3 is 1.